The van der Waals surface area contributed by atoms with E-state index in [4.69, 9.17) is 0 Å². The fourth-order valence-corrected chi connectivity index (χ4v) is 1.42. The molecule has 0 spiro atoms. The van der Waals surface area contributed by atoms with E-state index in [1.807, 2.05) is 0 Å². The van der Waals surface area contributed by atoms with Crippen LogP contribution >= 0.6 is 0 Å². The van der Waals surface area contributed by atoms with Gasteiger partial charge in [-0.3, -0.25) is 9.59 Å². The van der Waals surface area contributed by atoms with Crippen molar-refractivity contribution in [3.63, 3.8) is 0 Å². The quantitative estimate of drug-likeness (QED) is 0.508. The summed E-state index contributed by atoms with van der Waals surface area (Å²) in [6.45, 7) is 3.58. The number of rotatable bonds is 4. The summed E-state index contributed by atoms with van der Waals surface area (Å²) in [4.78, 5) is 21.4. The molecular formula is C9H17N3O2. The van der Waals surface area contributed by atoms with E-state index in [0.717, 1.165) is 13.0 Å². The first-order chi connectivity index (χ1) is 6.68. The smallest absolute Gasteiger partial charge is 0.220 e. The second-order valence-corrected chi connectivity index (χ2v) is 3.48. The van der Waals surface area contributed by atoms with Crippen molar-refractivity contribution < 1.29 is 9.59 Å². The average Bonchev–Trinajstić information content (AvgIpc) is 2.15. The normalized spacial score (nSPS) is 21.5. The van der Waals surface area contributed by atoms with Crippen molar-refractivity contribution in [3.05, 3.63) is 0 Å². The summed E-state index contributed by atoms with van der Waals surface area (Å²) < 4.78 is 0. The first-order valence-corrected chi connectivity index (χ1v) is 4.93. The highest BCUT2D eigenvalue weighted by molar-refractivity contribution is 5.76. The molecule has 2 amide bonds. The van der Waals surface area contributed by atoms with Crippen LogP contribution in [0.2, 0.25) is 0 Å². The summed E-state index contributed by atoms with van der Waals surface area (Å²) >= 11 is 0. The van der Waals surface area contributed by atoms with Gasteiger partial charge in [0.2, 0.25) is 11.8 Å². The maximum absolute atomic E-state index is 10.8. The average molecular weight is 199 g/mol. The van der Waals surface area contributed by atoms with E-state index < -0.39 is 0 Å². The minimum atomic E-state index is -0.0104. The molecule has 1 fully saturated rings. The third kappa shape index (κ3) is 4.23. The van der Waals surface area contributed by atoms with Crippen LogP contribution in [0.5, 0.6) is 0 Å². The molecule has 0 radical (unpaired) electrons. The van der Waals surface area contributed by atoms with Gasteiger partial charge < -0.3 is 16.0 Å². The Morgan fingerprint density at radius 1 is 1.57 bits per heavy atom. The molecule has 5 nitrogen and oxygen atoms in total. The standard InChI is InChI=1S/C9H17N3O2/c1-7(13)10-4-5-11-8-2-3-9(14)12-6-8/h8,11H,2-6H2,1H3,(H,10,13)(H,12,14). The summed E-state index contributed by atoms with van der Waals surface area (Å²) in [5, 5.41) is 8.77. The van der Waals surface area contributed by atoms with E-state index in [-0.39, 0.29) is 11.8 Å². The molecule has 0 aromatic heterocycles. The molecular weight excluding hydrogens is 182 g/mol. The maximum Gasteiger partial charge on any atom is 0.220 e. The molecule has 1 unspecified atom stereocenters. The summed E-state index contributed by atoms with van der Waals surface area (Å²) in [6.07, 6.45) is 1.48. The van der Waals surface area contributed by atoms with E-state index in [2.05, 4.69) is 16.0 Å². The number of hydrogen-bond donors (Lipinski definition) is 3. The fraction of sp³-hybridized carbons (Fsp3) is 0.778. The Bertz CT molecular complexity index is 208. The molecule has 0 aromatic carbocycles. The highest BCUT2D eigenvalue weighted by atomic mass is 16.2. The van der Waals surface area contributed by atoms with Crippen LogP contribution in [0.25, 0.3) is 0 Å². The van der Waals surface area contributed by atoms with E-state index in [1.165, 1.54) is 6.92 Å². The molecule has 1 atom stereocenters. The van der Waals surface area contributed by atoms with E-state index in [9.17, 15) is 9.59 Å². The molecule has 1 saturated heterocycles. The Kier molecular flexibility index (Phi) is 4.39. The van der Waals surface area contributed by atoms with Crippen molar-refractivity contribution in [1.29, 1.82) is 0 Å². The molecule has 0 aromatic rings. The molecule has 0 saturated carbocycles. The lowest BCUT2D eigenvalue weighted by Gasteiger charge is -2.23. The summed E-state index contributed by atoms with van der Waals surface area (Å²) in [5.74, 6) is 0.119. The van der Waals surface area contributed by atoms with Crippen molar-refractivity contribution >= 4 is 11.8 Å². The molecule has 5 heteroatoms. The SMILES string of the molecule is CC(=O)NCCNC1CCC(=O)NC1. The predicted molar refractivity (Wildman–Crippen MR) is 52.7 cm³/mol. The van der Waals surface area contributed by atoms with E-state index in [0.29, 0.717) is 25.6 Å². The van der Waals surface area contributed by atoms with Crippen molar-refractivity contribution in [2.24, 2.45) is 0 Å². The Hall–Kier alpha value is -1.10. The van der Waals surface area contributed by atoms with Gasteiger partial charge in [0.25, 0.3) is 0 Å². The zero-order valence-electron chi connectivity index (χ0n) is 8.43. The molecule has 80 valence electrons. The zero-order chi connectivity index (χ0) is 10.4. The molecule has 14 heavy (non-hydrogen) atoms. The Morgan fingerprint density at radius 2 is 2.36 bits per heavy atom. The Labute approximate surface area is 83.6 Å². The van der Waals surface area contributed by atoms with Gasteiger partial charge in [-0.05, 0) is 6.42 Å². The van der Waals surface area contributed by atoms with Crippen LogP contribution in [0.15, 0.2) is 0 Å². The third-order valence-corrected chi connectivity index (χ3v) is 2.20. The Balaban J connectivity index is 2.02. The minimum absolute atomic E-state index is 0.0104. The topological polar surface area (TPSA) is 70.2 Å². The van der Waals surface area contributed by atoms with Gasteiger partial charge in [0, 0.05) is 39.0 Å². The van der Waals surface area contributed by atoms with Crippen molar-refractivity contribution in [2.75, 3.05) is 19.6 Å². The summed E-state index contributed by atoms with van der Waals surface area (Å²) in [7, 11) is 0. The molecule has 0 aliphatic carbocycles. The van der Waals surface area contributed by atoms with Crippen LogP contribution in [0.1, 0.15) is 19.8 Å². The molecule has 1 aliphatic rings. The van der Waals surface area contributed by atoms with Gasteiger partial charge in [0.15, 0.2) is 0 Å². The second-order valence-electron chi connectivity index (χ2n) is 3.48. The molecule has 1 aliphatic heterocycles. The third-order valence-electron chi connectivity index (χ3n) is 2.20. The van der Waals surface area contributed by atoms with Crippen molar-refractivity contribution in [3.8, 4) is 0 Å². The predicted octanol–water partition coefficient (Wildman–Crippen LogP) is -1.01. The number of hydrogen-bond acceptors (Lipinski definition) is 3. The lowest BCUT2D eigenvalue weighted by atomic mass is 10.1. The summed E-state index contributed by atoms with van der Waals surface area (Å²) in [6, 6.07) is 0.349. The van der Waals surface area contributed by atoms with Gasteiger partial charge >= 0.3 is 0 Å². The largest absolute Gasteiger partial charge is 0.355 e. The first-order valence-electron chi connectivity index (χ1n) is 4.93. The fourth-order valence-electron chi connectivity index (χ4n) is 1.42. The van der Waals surface area contributed by atoms with Gasteiger partial charge in [-0.1, -0.05) is 0 Å². The first kappa shape index (κ1) is 11.0. The number of carbonyl (C=O) groups is 2. The van der Waals surface area contributed by atoms with Gasteiger partial charge in [-0.15, -0.1) is 0 Å². The van der Waals surface area contributed by atoms with E-state index in [1.54, 1.807) is 0 Å². The van der Waals surface area contributed by atoms with Crippen LogP contribution in [0.3, 0.4) is 0 Å². The molecule has 1 rings (SSSR count). The monoisotopic (exact) mass is 199 g/mol. The van der Waals surface area contributed by atoms with Crippen molar-refractivity contribution in [1.82, 2.24) is 16.0 Å². The molecule has 0 bridgehead atoms. The zero-order valence-corrected chi connectivity index (χ0v) is 8.43. The van der Waals surface area contributed by atoms with Crippen LogP contribution < -0.4 is 16.0 Å². The van der Waals surface area contributed by atoms with Gasteiger partial charge in [-0.2, -0.15) is 0 Å². The number of nitrogens with one attached hydrogen (secondary N) is 3. The minimum Gasteiger partial charge on any atom is -0.355 e. The highest BCUT2D eigenvalue weighted by Crippen LogP contribution is 2.01. The van der Waals surface area contributed by atoms with Crippen LogP contribution in [-0.4, -0.2) is 37.5 Å². The number of carbonyl (C=O) groups excluding carboxylic acids is 2. The lowest BCUT2D eigenvalue weighted by Crippen LogP contribution is -2.47. The van der Waals surface area contributed by atoms with Gasteiger partial charge in [0.05, 0.1) is 0 Å². The van der Waals surface area contributed by atoms with Crippen LogP contribution in [0, 0.1) is 0 Å². The highest BCUT2D eigenvalue weighted by Gasteiger charge is 2.16. The second kappa shape index (κ2) is 5.59. The van der Waals surface area contributed by atoms with Crippen LogP contribution in [0.4, 0.5) is 0 Å². The molecule has 1 heterocycles. The van der Waals surface area contributed by atoms with Crippen molar-refractivity contribution in [2.45, 2.75) is 25.8 Å². The lowest BCUT2D eigenvalue weighted by molar-refractivity contribution is -0.122. The number of amides is 2. The van der Waals surface area contributed by atoms with Gasteiger partial charge in [-0.25, -0.2) is 0 Å². The van der Waals surface area contributed by atoms with E-state index >= 15 is 0 Å². The Morgan fingerprint density at radius 3 is 2.93 bits per heavy atom. The van der Waals surface area contributed by atoms with Gasteiger partial charge in [0.1, 0.15) is 0 Å². The number of piperidine rings is 1. The van der Waals surface area contributed by atoms with Crippen LogP contribution in [-0.2, 0) is 9.59 Å². The molecule has 3 N–H and O–H groups in total. The summed E-state index contributed by atoms with van der Waals surface area (Å²) in [5.41, 5.74) is 0. The maximum atomic E-state index is 10.8.